The van der Waals surface area contributed by atoms with Gasteiger partial charge in [-0.25, -0.2) is 0 Å². The number of carbonyl (C=O) groups excluding carboxylic acids is 1. The summed E-state index contributed by atoms with van der Waals surface area (Å²) < 4.78 is 4.94. The molecule has 1 fully saturated rings. The van der Waals surface area contributed by atoms with E-state index < -0.39 is 5.60 Å². The predicted octanol–water partition coefficient (Wildman–Crippen LogP) is 2.00. The highest BCUT2D eigenvalue weighted by molar-refractivity contribution is 5.75. The van der Waals surface area contributed by atoms with Crippen molar-refractivity contribution in [1.82, 2.24) is 5.32 Å². The summed E-state index contributed by atoms with van der Waals surface area (Å²) in [5.41, 5.74) is -0.668. The van der Waals surface area contributed by atoms with Gasteiger partial charge in [0.25, 0.3) is 0 Å². The molecule has 0 aliphatic heterocycles. The Balaban J connectivity index is 2.15. The summed E-state index contributed by atoms with van der Waals surface area (Å²) in [7, 11) is 1.67. The van der Waals surface area contributed by atoms with Gasteiger partial charge >= 0.3 is 0 Å². The van der Waals surface area contributed by atoms with Gasteiger partial charge in [-0.3, -0.25) is 4.79 Å². The molecule has 0 unspecified atom stereocenters. The predicted molar refractivity (Wildman–Crippen MR) is 71.4 cm³/mol. The van der Waals surface area contributed by atoms with Gasteiger partial charge in [0.2, 0.25) is 5.91 Å². The standard InChI is InChI=1S/C14H27NO3/c1-18-11-7-4-8-13(16)15-12-14(17)9-5-2-3-6-10-14/h17H,2-12H2,1H3,(H,15,16). The van der Waals surface area contributed by atoms with Crippen molar-refractivity contribution in [3.8, 4) is 0 Å². The number of amides is 1. The lowest BCUT2D eigenvalue weighted by molar-refractivity contribution is -0.122. The zero-order valence-electron chi connectivity index (χ0n) is 11.5. The largest absolute Gasteiger partial charge is 0.388 e. The van der Waals surface area contributed by atoms with Crippen molar-refractivity contribution in [2.45, 2.75) is 63.4 Å². The van der Waals surface area contributed by atoms with E-state index in [4.69, 9.17) is 4.74 Å². The first kappa shape index (κ1) is 15.4. The molecule has 0 bridgehead atoms. The summed E-state index contributed by atoms with van der Waals surface area (Å²) in [6, 6.07) is 0. The van der Waals surface area contributed by atoms with Crippen LogP contribution in [0.5, 0.6) is 0 Å². The minimum atomic E-state index is -0.668. The molecule has 18 heavy (non-hydrogen) atoms. The van der Waals surface area contributed by atoms with Crippen LogP contribution in [-0.2, 0) is 9.53 Å². The van der Waals surface area contributed by atoms with Gasteiger partial charge in [-0.1, -0.05) is 25.7 Å². The molecular weight excluding hydrogens is 230 g/mol. The van der Waals surface area contributed by atoms with E-state index >= 15 is 0 Å². The first-order valence-corrected chi connectivity index (χ1v) is 7.14. The van der Waals surface area contributed by atoms with Gasteiger partial charge in [0.1, 0.15) is 0 Å². The molecule has 1 rings (SSSR count). The molecule has 1 saturated carbocycles. The van der Waals surface area contributed by atoms with E-state index in [1.54, 1.807) is 7.11 Å². The second kappa shape index (κ2) is 8.48. The maximum Gasteiger partial charge on any atom is 0.220 e. The van der Waals surface area contributed by atoms with Gasteiger partial charge in [0.05, 0.1) is 5.60 Å². The fraction of sp³-hybridized carbons (Fsp3) is 0.929. The highest BCUT2D eigenvalue weighted by atomic mass is 16.5. The summed E-state index contributed by atoms with van der Waals surface area (Å²) in [5.74, 6) is 0.0452. The Hall–Kier alpha value is -0.610. The molecule has 0 saturated heterocycles. The lowest BCUT2D eigenvalue weighted by Crippen LogP contribution is -2.42. The number of hydrogen-bond donors (Lipinski definition) is 2. The maximum absolute atomic E-state index is 11.6. The van der Waals surface area contributed by atoms with Crippen molar-refractivity contribution in [3.05, 3.63) is 0 Å². The molecule has 1 amide bonds. The van der Waals surface area contributed by atoms with Crippen molar-refractivity contribution in [2.75, 3.05) is 20.3 Å². The van der Waals surface area contributed by atoms with Crippen LogP contribution in [0.2, 0.25) is 0 Å². The van der Waals surface area contributed by atoms with Gasteiger partial charge in [-0.2, -0.15) is 0 Å². The SMILES string of the molecule is COCCCCC(=O)NCC1(O)CCCCCC1. The lowest BCUT2D eigenvalue weighted by atomic mass is 9.94. The molecule has 0 radical (unpaired) electrons. The van der Waals surface area contributed by atoms with Gasteiger partial charge in [-0.15, -0.1) is 0 Å². The van der Waals surface area contributed by atoms with E-state index in [2.05, 4.69) is 5.32 Å². The minimum Gasteiger partial charge on any atom is -0.388 e. The third-order valence-corrected chi connectivity index (χ3v) is 3.65. The van der Waals surface area contributed by atoms with Crippen molar-refractivity contribution in [2.24, 2.45) is 0 Å². The van der Waals surface area contributed by atoms with E-state index in [1.807, 2.05) is 0 Å². The van der Waals surface area contributed by atoms with Crippen molar-refractivity contribution in [3.63, 3.8) is 0 Å². The smallest absolute Gasteiger partial charge is 0.220 e. The summed E-state index contributed by atoms with van der Waals surface area (Å²) in [6.45, 7) is 1.12. The van der Waals surface area contributed by atoms with Crippen LogP contribution in [0.4, 0.5) is 0 Å². The van der Waals surface area contributed by atoms with E-state index in [-0.39, 0.29) is 5.91 Å². The summed E-state index contributed by atoms with van der Waals surface area (Å²) in [5, 5.41) is 13.2. The molecule has 4 nitrogen and oxygen atoms in total. The number of rotatable bonds is 7. The van der Waals surface area contributed by atoms with E-state index in [0.29, 0.717) is 19.6 Å². The van der Waals surface area contributed by atoms with Crippen LogP contribution < -0.4 is 5.32 Å². The second-order valence-electron chi connectivity index (χ2n) is 5.37. The zero-order chi connectivity index (χ0) is 13.3. The Bertz CT molecular complexity index is 235. The number of nitrogens with one attached hydrogen (secondary N) is 1. The molecule has 4 heteroatoms. The number of aliphatic hydroxyl groups is 1. The number of hydrogen-bond acceptors (Lipinski definition) is 3. The quantitative estimate of drug-likeness (QED) is 0.542. The van der Waals surface area contributed by atoms with Crippen LogP contribution in [0.15, 0.2) is 0 Å². The Labute approximate surface area is 110 Å². The van der Waals surface area contributed by atoms with Gasteiger partial charge in [0, 0.05) is 26.7 Å². The molecule has 0 heterocycles. The van der Waals surface area contributed by atoms with Gasteiger partial charge in [-0.05, 0) is 25.7 Å². The third kappa shape index (κ3) is 6.36. The summed E-state index contributed by atoms with van der Waals surface area (Å²) >= 11 is 0. The molecule has 1 aliphatic carbocycles. The van der Waals surface area contributed by atoms with Crippen molar-refractivity contribution in [1.29, 1.82) is 0 Å². The highest BCUT2D eigenvalue weighted by Crippen LogP contribution is 2.26. The highest BCUT2D eigenvalue weighted by Gasteiger charge is 2.28. The normalized spacial score (nSPS) is 19.2. The van der Waals surface area contributed by atoms with Crippen LogP contribution in [0.3, 0.4) is 0 Å². The zero-order valence-corrected chi connectivity index (χ0v) is 11.5. The molecule has 106 valence electrons. The van der Waals surface area contributed by atoms with Crippen LogP contribution in [0, 0.1) is 0 Å². The first-order valence-electron chi connectivity index (χ1n) is 7.14. The Morgan fingerprint density at radius 2 is 1.89 bits per heavy atom. The van der Waals surface area contributed by atoms with Gasteiger partial charge < -0.3 is 15.2 Å². The summed E-state index contributed by atoms with van der Waals surface area (Å²) in [4.78, 5) is 11.6. The Morgan fingerprint density at radius 3 is 2.50 bits per heavy atom. The van der Waals surface area contributed by atoms with E-state index in [9.17, 15) is 9.90 Å². The molecule has 0 aromatic carbocycles. The minimum absolute atomic E-state index is 0.0452. The number of unbranched alkanes of at least 4 members (excludes halogenated alkanes) is 1. The number of carbonyl (C=O) groups is 1. The van der Waals surface area contributed by atoms with E-state index in [1.165, 1.54) is 12.8 Å². The molecule has 2 N–H and O–H groups in total. The fourth-order valence-corrected chi connectivity index (χ4v) is 2.45. The number of ether oxygens (including phenoxy) is 1. The third-order valence-electron chi connectivity index (χ3n) is 3.65. The molecule has 0 atom stereocenters. The average Bonchev–Trinajstić information content (AvgIpc) is 2.58. The first-order chi connectivity index (χ1) is 8.66. The fourth-order valence-electron chi connectivity index (χ4n) is 2.45. The van der Waals surface area contributed by atoms with Crippen LogP contribution in [0.25, 0.3) is 0 Å². The molecule has 1 aliphatic rings. The molecule has 0 aromatic heterocycles. The second-order valence-corrected chi connectivity index (χ2v) is 5.37. The monoisotopic (exact) mass is 257 g/mol. The van der Waals surface area contributed by atoms with Crippen molar-refractivity contribution < 1.29 is 14.6 Å². The van der Waals surface area contributed by atoms with Gasteiger partial charge in [0.15, 0.2) is 0 Å². The van der Waals surface area contributed by atoms with Crippen LogP contribution in [-0.4, -0.2) is 36.9 Å². The Morgan fingerprint density at radius 1 is 1.22 bits per heavy atom. The van der Waals surface area contributed by atoms with Crippen LogP contribution >= 0.6 is 0 Å². The van der Waals surface area contributed by atoms with E-state index in [0.717, 1.165) is 38.5 Å². The topological polar surface area (TPSA) is 58.6 Å². The Kier molecular flexibility index (Phi) is 7.28. The molecule has 0 aromatic rings. The number of methoxy groups -OCH3 is 1. The average molecular weight is 257 g/mol. The molecular formula is C14H27NO3. The van der Waals surface area contributed by atoms with Crippen LogP contribution in [0.1, 0.15) is 57.8 Å². The summed E-state index contributed by atoms with van der Waals surface area (Å²) in [6.07, 6.45) is 8.46. The molecule has 0 spiro atoms. The lowest BCUT2D eigenvalue weighted by Gasteiger charge is -2.26. The maximum atomic E-state index is 11.6. The van der Waals surface area contributed by atoms with Crippen molar-refractivity contribution >= 4 is 5.91 Å².